The average Bonchev–Trinajstić information content (AvgIpc) is 3.36. The number of carbonyl (C=O) groups excluding carboxylic acids is 4. The number of carbonyl (C=O) groups is 4. The van der Waals surface area contributed by atoms with Crippen LogP contribution in [0.2, 0.25) is 0 Å². The summed E-state index contributed by atoms with van der Waals surface area (Å²) in [6.45, 7) is 5.91. The van der Waals surface area contributed by atoms with Gasteiger partial charge in [-0.1, -0.05) is 30.7 Å². The fourth-order valence-electron chi connectivity index (χ4n) is 5.48. The Morgan fingerprint density at radius 2 is 1.85 bits per heavy atom. The maximum Gasteiger partial charge on any atom is 0.408 e. The van der Waals surface area contributed by atoms with Crippen LogP contribution in [0, 0.1) is 5.92 Å². The van der Waals surface area contributed by atoms with E-state index in [1.165, 1.54) is 12.0 Å². The third-order valence-electron chi connectivity index (χ3n) is 7.67. The first-order valence-corrected chi connectivity index (χ1v) is 14.3. The van der Waals surface area contributed by atoms with Gasteiger partial charge >= 0.3 is 6.09 Å². The summed E-state index contributed by atoms with van der Waals surface area (Å²) in [6.07, 6.45) is 7.72. The van der Waals surface area contributed by atoms with E-state index in [2.05, 4.69) is 22.0 Å². The predicted octanol–water partition coefficient (Wildman–Crippen LogP) is 3.91. The molecular weight excluding hydrogens is 512 g/mol. The Bertz CT molecular complexity index is 1150. The molecule has 4 rings (SSSR count). The van der Waals surface area contributed by atoms with E-state index in [1.807, 2.05) is 32.9 Å². The van der Waals surface area contributed by atoms with Gasteiger partial charge in [0.05, 0.1) is 12.8 Å². The number of nitrogens with zero attached hydrogens (tertiary/aromatic N) is 1. The summed E-state index contributed by atoms with van der Waals surface area (Å²) in [6, 6.07) is 6.39. The minimum absolute atomic E-state index is 0.154. The predicted molar refractivity (Wildman–Crippen MR) is 151 cm³/mol. The molecule has 218 valence electrons. The van der Waals surface area contributed by atoms with Gasteiger partial charge in [-0.15, -0.1) is 0 Å². The molecule has 0 bridgehead atoms. The molecule has 3 aliphatic rings. The summed E-state index contributed by atoms with van der Waals surface area (Å²) in [5, 5.41) is 8.70. The lowest BCUT2D eigenvalue weighted by Gasteiger charge is -2.30. The summed E-state index contributed by atoms with van der Waals surface area (Å²) in [4.78, 5) is 55.0. The summed E-state index contributed by atoms with van der Waals surface area (Å²) in [5.41, 5.74) is -1.11. The number of para-hydroxylation sites is 2. The van der Waals surface area contributed by atoms with Crippen molar-refractivity contribution >= 4 is 29.5 Å². The van der Waals surface area contributed by atoms with Crippen molar-refractivity contribution in [3.05, 3.63) is 36.4 Å². The molecule has 2 aliphatic heterocycles. The molecule has 0 unspecified atom stereocenters. The van der Waals surface area contributed by atoms with Gasteiger partial charge in [-0.3, -0.25) is 14.4 Å². The SMILES string of the molecule is COc1ccccc1NC(=O)[C@@]12C[C@H]1C=CCCCCC[C@H](OC(=O)NC(C)(C)C)C(=O)N1CCC[C@H]1C(=O)N2. The lowest BCUT2D eigenvalue weighted by atomic mass is 10.1. The van der Waals surface area contributed by atoms with Crippen molar-refractivity contribution in [3.8, 4) is 5.75 Å². The molecule has 2 fully saturated rings. The maximum atomic E-state index is 13.7. The van der Waals surface area contributed by atoms with E-state index in [9.17, 15) is 19.2 Å². The van der Waals surface area contributed by atoms with Crippen LogP contribution in [0.25, 0.3) is 0 Å². The highest BCUT2D eigenvalue weighted by molar-refractivity contribution is 6.05. The second-order valence-corrected chi connectivity index (χ2v) is 12.0. The molecule has 0 radical (unpaired) electrons. The third-order valence-corrected chi connectivity index (χ3v) is 7.67. The van der Waals surface area contributed by atoms with Crippen molar-refractivity contribution in [2.45, 2.75) is 95.4 Å². The number of ether oxygens (including phenoxy) is 2. The number of amides is 4. The van der Waals surface area contributed by atoms with E-state index in [0.717, 1.165) is 19.3 Å². The largest absolute Gasteiger partial charge is 0.495 e. The van der Waals surface area contributed by atoms with Gasteiger partial charge in [0, 0.05) is 18.0 Å². The Morgan fingerprint density at radius 3 is 2.60 bits per heavy atom. The van der Waals surface area contributed by atoms with Crippen molar-refractivity contribution in [2.24, 2.45) is 5.92 Å². The van der Waals surface area contributed by atoms with E-state index in [4.69, 9.17) is 9.47 Å². The van der Waals surface area contributed by atoms with Crippen LogP contribution in [0.4, 0.5) is 10.5 Å². The standard InChI is InChI=1S/C30H42N4O6/c1-29(2,3)33-28(38)40-24-17-9-7-5-6-8-13-20-19-30(20,27(37)31-21-14-10-11-16-23(21)39-4)32-25(35)22-15-12-18-34(22)26(24)36/h8,10-11,13-14,16,20,22,24H,5-7,9,12,15,17-19H2,1-4H3,(H,31,37)(H,32,35)(H,33,38)/t20-,22+,24+,30-/m1/s1. The summed E-state index contributed by atoms with van der Waals surface area (Å²) < 4.78 is 11.0. The van der Waals surface area contributed by atoms with Gasteiger partial charge in [0.2, 0.25) is 5.91 Å². The minimum Gasteiger partial charge on any atom is -0.495 e. The number of alkyl carbamates (subject to hydrolysis) is 1. The number of methoxy groups -OCH3 is 1. The number of hydrogen-bond donors (Lipinski definition) is 3. The van der Waals surface area contributed by atoms with Crippen LogP contribution >= 0.6 is 0 Å². The van der Waals surface area contributed by atoms with Crippen molar-refractivity contribution < 1.29 is 28.7 Å². The minimum atomic E-state index is -1.12. The monoisotopic (exact) mass is 554 g/mol. The van der Waals surface area contributed by atoms with Gasteiger partial charge < -0.3 is 30.3 Å². The van der Waals surface area contributed by atoms with E-state index < -0.39 is 29.3 Å². The zero-order valence-corrected chi connectivity index (χ0v) is 24.0. The van der Waals surface area contributed by atoms with Crippen LogP contribution in [-0.2, 0) is 19.1 Å². The van der Waals surface area contributed by atoms with Gasteiger partial charge in [0.25, 0.3) is 11.8 Å². The summed E-state index contributed by atoms with van der Waals surface area (Å²) in [7, 11) is 1.53. The van der Waals surface area contributed by atoms with Crippen LogP contribution in [0.3, 0.4) is 0 Å². The quantitative estimate of drug-likeness (QED) is 0.485. The Morgan fingerprint density at radius 1 is 1.07 bits per heavy atom. The number of anilines is 1. The lowest BCUT2D eigenvalue weighted by Crippen LogP contribution is -2.56. The Kier molecular flexibility index (Phi) is 9.05. The van der Waals surface area contributed by atoms with Crippen LogP contribution in [-0.4, -0.2) is 65.6 Å². The fraction of sp³-hybridized carbons (Fsp3) is 0.600. The van der Waals surface area contributed by atoms with E-state index in [1.54, 1.807) is 18.2 Å². The van der Waals surface area contributed by atoms with Gasteiger partial charge in [0.1, 0.15) is 17.3 Å². The highest BCUT2D eigenvalue weighted by atomic mass is 16.6. The Balaban J connectivity index is 1.55. The first kappa shape index (κ1) is 29.4. The molecule has 4 amide bonds. The fourth-order valence-corrected chi connectivity index (χ4v) is 5.48. The molecule has 1 aromatic rings. The van der Waals surface area contributed by atoms with Crippen molar-refractivity contribution in [1.29, 1.82) is 0 Å². The van der Waals surface area contributed by atoms with Crippen LogP contribution in [0.1, 0.15) is 72.1 Å². The highest BCUT2D eigenvalue weighted by Crippen LogP contribution is 2.46. The smallest absolute Gasteiger partial charge is 0.408 e. The van der Waals surface area contributed by atoms with Crippen LogP contribution in [0.5, 0.6) is 5.75 Å². The third kappa shape index (κ3) is 6.95. The molecule has 0 spiro atoms. The number of hydrogen-bond acceptors (Lipinski definition) is 6. The molecule has 2 heterocycles. The van der Waals surface area contributed by atoms with E-state index in [-0.39, 0.29) is 23.6 Å². The summed E-state index contributed by atoms with van der Waals surface area (Å²) in [5.74, 6) is -0.684. The van der Waals surface area contributed by atoms with E-state index in [0.29, 0.717) is 50.1 Å². The second kappa shape index (κ2) is 12.3. The van der Waals surface area contributed by atoms with Crippen molar-refractivity contribution in [2.75, 3.05) is 19.0 Å². The maximum absolute atomic E-state index is 13.7. The molecule has 0 aromatic heterocycles. The van der Waals surface area contributed by atoms with Gasteiger partial charge in [-0.05, 0) is 77.8 Å². The first-order valence-electron chi connectivity index (χ1n) is 14.3. The van der Waals surface area contributed by atoms with Gasteiger partial charge in [-0.25, -0.2) is 4.79 Å². The van der Waals surface area contributed by atoms with Crippen LogP contribution in [0.15, 0.2) is 36.4 Å². The highest BCUT2D eigenvalue weighted by Gasteiger charge is 2.60. The normalized spacial score (nSPS) is 27.3. The zero-order valence-electron chi connectivity index (χ0n) is 24.0. The van der Waals surface area contributed by atoms with Crippen LogP contribution < -0.4 is 20.7 Å². The molecule has 1 aromatic carbocycles. The summed E-state index contributed by atoms with van der Waals surface area (Å²) >= 11 is 0. The molecule has 4 atom stereocenters. The molecule has 40 heavy (non-hydrogen) atoms. The van der Waals surface area contributed by atoms with Gasteiger partial charge in [0.15, 0.2) is 6.10 Å². The number of fused-ring (bicyclic) bond motifs is 2. The molecular formula is C30H42N4O6. The van der Waals surface area contributed by atoms with E-state index >= 15 is 0 Å². The number of benzene rings is 1. The molecule has 1 aliphatic carbocycles. The zero-order chi connectivity index (χ0) is 28.9. The van der Waals surface area contributed by atoms with Crippen molar-refractivity contribution in [1.82, 2.24) is 15.5 Å². The number of rotatable bonds is 4. The topological polar surface area (TPSA) is 126 Å². The molecule has 1 saturated heterocycles. The molecule has 10 nitrogen and oxygen atoms in total. The Labute approximate surface area is 236 Å². The first-order chi connectivity index (χ1) is 19.0. The second-order valence-electron chi connectivity index (χ2n) is 12.0. The number of nitrogens with one attached hydrogen (secondary N) is 3. The lowest BCUT2D eigenvalue weighted by molar-refractivity contribution is -0.146. The van der Waals surface area contributed by atoms with Gasteiger partial charge in [-0.2, -0.15) is 0 Å². The molecule has 10 heteroatoms. The Hall–Kier alpha value is -3.56. The number of allylic oxidation sites excluding steroid dienone is 1. The average molecular weight is 555 g/mol. The molecule has 3 N–H and O–H groups in total. The van der Waals surface area contributed by atoms with Crippen molar-refractivity contribution in [3.63, 3.8) is 0 Å². The molecule has 1 saturated carbocycles.